The first kappa shape index (κ1) is 24.1. The van der Waals surface area contributed by atoms with Crippen molar-refractivity contribution in [1.29, 1.82) is 5.41 Å². The summed E-state index contributed by atoms with van der Waals surface area (Å²) in [4.78, 5) is 34.8. The molecule has 0 bridgehead atoms. The van der Waals surface area contributed by atoms with E-state index in [-0.39, 0.29) is 42.6 Å². The Kier molecular flexibility index (Phi) is 9.72. The molecule has 0 saturated heterocycles. The number of amidine groups is 1. The third kappa shape index (κ3) is 7.05. The maximum atomic E-state index is 12.2. The van der Waals surface area contributed by atoms with Crippen LogP contribution in [0.1, 0.15) is 32.0 Å². The quantitative estimate of drug-likeness (QED) is 0.335. The summed E-state index contributed by atoms with van der Waals surface area (Å²) < 4.78 is 0. The summed E-state index contributed by atoms with van der Waals surface area (Å²) in [6.07, 6.45) is -0.156. The van der Waals surface area contributed by atoms with Crippen LogP contribution in [0.5, 0.6) is 0 Å². The van der Waals surface area contributed by atoms with Gasteiger partial charge in [0.15, 0.2) is 0 Å². The predicted octanol–water partition coefficient (Wildman–Crippen LogP) is 1.09. The van der Waals surface area contributed by atoms with Gasteiger partial charge in [0.25, 0.3) is 11.8 Å². The predicted molar refractivity (Wildman–Crippen MR) is 105 cm³/mol. The van der Waals surface area contributed by atoms with Gasteiger partial charge in [-0.2, -0.15) is 0 Å². The van der Waals surface area contributed by atoms with Gasteiger partial charge in [0.05, 0.1) is 16.3 Å². The maximum Gasteiger partial charge on any atom is 0.305 e. The highest BCUT2D eigenvalue weighted by molar-refractivity contribution is 7.18. The van der Waals surface area contributed by atoms with Gasteiger partial charge in [-0.1, -0.05) is 12.1 Å². The van der Waals surface area contributed by atoms with Crippen molar-refractivity contribution in [3.63, 3.8) is 0 Å². The van der Waals surface area contributed by atoms with Crippen molar-refractivity contribution in [3.05, 3.63) is 52.4 Å². The number of nitrogen functional groups attached to an aromatic ring is 1. The Morgan fingerprint density at radius 1 is 1.04 bits per heavy atom. The zero-order valence-electron chi connectivity index (χ0n) is 13.9. The second-order valence-electron chi connectivity index (χ2n) is 5.01. The van der Waals surface area contributed by atoms with E-state index in [0.717, 1.165) is 11.3 Å². The molecule has 8 N–H and O–H groups in total. The van der Waals surface area contributed by atoms with Crippen LogP contribution in [0.4, 0.5) is 5.00 Å². The van der Waals surface area contributed by atoms with Gasteiger partial charge in [0.2, 0.25) is 0 Å². The summed E-state index contributed by atoms with van der Waals surface area (Å²) in [7, 11) is 0. The van der Waals surface area contributed by atoms with Crippen molar-refractivity contribution in [2.45, 2.75) is 6.42 Å². The zero-order valence-corrected chi connectivity index (χ0v) is 15.6. The molecule has 2 rings (SSSR count). The van der Waals surface area contributed by atoms with Gasteiger partial charge in [0, 0.05) is 17.7 Å². The normalized spacial score (nSPS) is 9.33. The molecule has 0 aliphatic heterocycles. The number of anilines is 1. The van der Waals surface area contributed by atoms with Crippen molar-refractivity contribution in [1.82, 2.24) is 5.32 Å². The molecule has 0 radical (unpaired) electrons. The molecule has 0 fully saturated rings. The molecule has 1 heterocycles. The highest BCUT2D eigenvalue weighted by atomic mass is 35.5. The number of thiophene rings is 1. The topological polar surface area (TPSA) is 177 Å². The number of carboxylic acid groups (broad SMARTS) is 1. The average molecular weight is 415 g/mol. The average Bonchev–Trinajstić information content (AvgIpc) is 3.03. The molecular weight excluding hydrogens is 396 g/mol. The second-order valence-corrected chi connectivity index (χ2v) is 6.09. The SMILES string of the molecule is Cl.N=C(N)c1ccc(C(=O)Nc2ccc(C(=O)NCCC(=O)O)s2)cc1.O. The van der Waals surface area contributed by atoms with Gasteiger partial charge in [-0.15, -0.1) is 23.7 Å². The lowest BCUT2D eigenvalue weighted by molar-refractivity contribution is -0.136. The van der Waals surface area contributed by atoms with Gasteiger partial charge < -0.3 is 26.9 Å². The number of nitrogens with one attached hydrogen (secondary N) is 3. The van der Waals surface area contributed by atoms with E-state index in [4.69, 9.17) is 16.2 Å². The van der Waals surface area contributed by atoms with Gasteiger partial charge >= 0.3 is 5.97 Å². The second kappa shape index (κ2) is 10.9. The summed E-state index contributed by atoms with van der Waals surface area (Å²) in [5.74, 6) is -1.81. The van der Waals surface area contributed by atoms with Crippen LogP contribution in [0.25, 0.3) is 0 Å². The fourth-order valence-electron chi connectivity index (χ4n) is 1.88. The van der Waals surface area contributed by atoms with Crippen LogP contribution in [-0.4, -0.2) is 40.7 Å². The number of aliphatic carboxylic acids is 1. The number of nitrogens with two attached hydrogens (primary N) is 1. The fraction of sp³-hybridized carbons (Fsp3) is 0.125. The van der Waals surface area contributed by atoms with Crippen molar-refractivity contribution < 1.29 is 25.0 Å². The minimum Gasteiger partial charge on any atom is -0.481 e. The number of hydrogen-bond acceptors (Lipinski definition) is 5. The molecule has 0 aliphatic rings. The van der Waals surface area contributed by atoms with Crippen LogP contribution >= 0.6 is 23.7 Å². The van der Waals surface area contributed by atoms with Crippen molar-refractivity contribution >= 4 is 52.4 Å². The van der Waals surface area contributed by atoms with Crippen LogP contribution in [0.2, 0.25) is 0 Å². The number of amides is 2. The third-order valence-electron chi connectivity index (χ3n) is 3.15. The minimum absolute atomic E-state index is 0. The smallest absolute Gasteiger partial charge is 0.305 e. The monoisotopic (exact) mass is 414 g/mol. The van der Waals surface area contributed by atoms with Crippen LogP contribution in [-0.2, 0) is 4.79 Å². The van der Waals surface area contributed by atoms with E-state index in [1.54, 1.807) is 36.4 Å². The van der Waals surface area contributed by atoms with Crippen molar-refractivity contribution in [2.24, 2.45) is 5.73 Å². The van der Waals surface area contributed by atoms with E-state index in [1.807, 2.05) is 0 Å². The summed E-state index contributed by atoms with van der Waals surface area (Å²) >= 11 is 1.09. The van der Waals surface area contributed by atoms with Crippen LogP contribution < -0.4 is 16.4 Å². The Hall–Kier alpha value is -2.95. The zero-order chi connectivity index (χ0) is 18.4. The van der Waals surface area contributed by atoms with Crippen LogP contribution in [0.3, 0.4) is 0 Å². The lowest BCUT2D eigenvalue weighted by Gasteiger charge is -2.04. The maximum absolute atomic E-state index is 12.2. The minimum atomic E-state index is -0.991. The molecule has 27 heavy (non-hydrogen) atoms. The number of hydrogen-bond donors (Lipinski definition) is 5. The first-order valence-electron chi connectivity index (χ1n) is 7.22. The van der Waals surface area contributed by atoms with E-state index < -0.39 is 11.9 Å². The Morgan fingerprint density at radius 3 is 2.19 bits per heavy atom. The molecule has 11 heteroatoms. The third-order valence-corrected chi connectivity index (χ3v) is 4.15. The highest BCUT2D eigenvalue weighted by Crippen LogP contribution is 2.22. The lowest BCUT2D eigenvalue weighted by Crippen LogP contribution is -2.25. The molecule has 2 aromatic rings. The lowest BCUT2D eigenvalue weighted by atomic mass is 10.1. The Morgan fingerprint density at radius 2 is 1.63 bits per heavy atom. The standard InChI is InChI=1S/C16H16N4O4S.ClH.H2O/c17-14(18)9-1-3-10(4-2-9)15(23)20-12-6-5-11(25-12)16(24)19-8-7-13(21)22;;/h1-6H,7-8H2,(H3,17,18)(H,19,24)(H,20,23)(H,21,22);1H;1H2. The summed E-state index contributed by atoms with van der Waals surface area (Å²) in [5, 5.41) is 21.5. The molecule has 0 atom stereocenters. The molecule has 2 amide bonds. The molecular formula is C16H19ClN4O5S. The molecule has 0 spiro atoms. The molecule has 1 aromatic carbocycles. The summed E-state index contributed by atoms with van der Waals surface area (Å²) in [5.41, 5.74) is 6.28. The Balaban J connectivity index is 0.00000338. The highest BCUT2D eigenvalue weighted by Gasteiger charge is 2.12. The molecule has 9 nitrogen and oxygen atoms in total. The van der Waals surface area contributed by atoms with Crippen molar-refractivity contribution in [2.75, 3.05) is 11.9 Å². The van der Waals surface area contributed by atoms with Gasteiger partial charge in [-0.05, 0) is 24.3 Å². The first-order chi connectivity index (χ1) is 11.9. The molecule has 0 saturated carbocycles. The number of carbonyl (C=O) groups excluding carboxylic acids is 2. The van der Waals surface area contributed by atoms with Gasteiger partial charge in [-0.3, -0.25) is 19.8 Å². The number of rotatable bonds is 7. The van der Waals surface area contributed by atoms with E-state index in [2.05, 4.69) is 10.6 Å². The molecule has 0 aliphatic carbocycles. The molecule has 0 unspecified atom stereocenters. The fourth-order valence-corrected chi connectivity index (χ4v) is 2.70. The Bertz CT molecular complexity index is 822. The molecule has 146 valence electrons. The molecule has 1 aromatic heterocycles. The van der Waals surface area contributed by atoms with E-state index >= 15 is 0 Å². The number of carboxylic acids is 1. The largest absolute Gasteiger partial charge is 0.481 e. The van der Waals surface area contributed by atoms with E-state index in [9.17, 15) is 14.4 Å². The summed E-state index contributed by atoms with van der Waals surface area (Å²) in [6, 6.07) is 9.41. The van der Waals surface area contributed by atoms with E-state index in [0.29, 0.717) is 21.0 Å². The van der Waals surface area contributed by atoms with Crippen LogP contribution in [0, 0.1) is 5.41 Å². The van der Waals surface area contributed by atoms with Crippen molar-refractivity contribution in [3.8, 4) is 0 Å². The van der Waals surface area contributed by atoms with Gasteiger partial charge in [0.1, 0.15) is 5.84 Å². The number of carbonyl (C=O) groups is 3. The van der Waals surface area contributed by atoms with Crippen LogP contribution in [0.15, 0.2) is 36.4 Å². The number of halogens is 1. The summed E-state index contributed by atoms with van der Waals surface area (Å²) in [6.45, 7) is 0.0380. The van der Waals surface area contributed by atoms with E-state index in [1.165, 1.54) is 0 Å². The number of benzene rings is 1. The Labute approximate surface area is 164 Å². The first-order valence-corrected chi connectivity index (χ1v) is 8.04. The van der Waals surface area contributed by atoms with Gasteiger partial charge in [-0.25, -0.2) is 0 Å².